The van der Waals surface area contributed by atoms with Crippen LogP contribution >= 0.6 is 0 Å². The number of aromatic nitrogens is 1. The minimum absolute atomic E-state index is 0.0734. The molecule has 1 unspecified atom stereocenters. The van der Waals surface area contributed by atoms with E-state index in [2.05, 4.69) is 52.0 Å². The number of anilines is 1. The average molecular weight is 367 g/mol. The highest BCUT2D eigenvalue weighted by atomic mass is 16.5. The van der Waals surface area contributed by atoms with Crippen LogP contribution in [0.1, 0.15) is 17.7 Å². The molecule has 5 heteroatoms. The lowest BCUT2D eigenvalue weighted by molar-refractivity contribution is 0.147. The summed E-state index contributed by atoms with van der Waals surface area (Å²) >= 11 is 0. The molecule has 1 aromatic carbocycles. The second-order valence-corrected chi connectivity index (χ2v) is 7.73. The normalized spacial score (nSPS) is 23.6. The zero-order chi connectivity index (χ0) is 18.7. The van der Waals surface area contributed by atoms with E-state index < -0.39 is 0 Å². The van der Waals surface area contributed by atoms with Gasteiger partial charge in [0.25, 0.3) is 0 Å². The van der Waals surface area contributed by atoms with Gasteiger partial charge in [0, 0.05) is 62.3 Å². The molecule has 2 fully saturated rings. The summed E-state index contributed by atoms with van der Waals surface area (Å²) in [6.45, 7) is 9.00. The van der Waals surface area contributed by atoms with Crippen molar-refractivity contribution >= 4 is 5.69 Å². The Kier molecular flexibility index (Phi) is 5.32. The number of hydrogen-bond donors (Lipinski definition) is 0. The number of pyridine rings is 1. The number of benzene rings is 1. The number of aryl methyl sites for hydroxylation is 1. The van der Waals surface area contributed by atoms with Crippen molar-refractivity contribution in [1.82, 2.24) is 9.88 Å². The first-order chi connectivity index (χ1) is 13.2. The van der Waals surface area contributed by atoms with Crippen LogP contribution in [-0.2, 0) is 10.2 Å². The van der Waals surface area contributed by atoms with Crippen LogP contribution in [0.5, 0.6) is 5.75 Å². The van der Waals surface area contributed by atoms with Crippen molar-refractivity contribution in [2.75, 3.05) is 57.9 Å². The van der Waals surface area contributed by atoms with Gasteiger partial charge in [-0.2, -0.15) is 0 Å². The van der Waals surface area contributed by atoms with Crippen molar-refractivity contribution in [2.45, 2.75) is 18.8 Å². The Bertz CT molecular complexity index is 766. The number of rotatable bonds is 5. The van der Waals surface area contributed by atoms with Gasteiger partial charge in [-0.15, -0.1) is 0 Å². The van der Waals surface area contributed by atoms with Gasteiger partial charge in [0.1, 0.15) is 5.75 Å². The minimum atomic E-state index is 0.0734. The SMILES string of the molecule is COc1cccc(C2(CN3CCN(c4ccnc(C)c4)CC3)CCOC2)c1. The summed E-state index contributed by atoms with van der Waals surface area (Å²) in [5.41, 5.74) is 3.78. The van der Waals surface area contributed by atoms with E-state index in [9.17, 15) is 0 Å². The quantitative estimate of drug-likeness (QED) is 0.812. The van der Waals surface area contributed by atoms with E-state index in [4.69, 9.17) is 9.47 Å². The van der Waals surface area contributed by atoms with Crippen LogP contribution in [0.2, 0.25) is 0 Å². The van der Waals surface area contributed by atoms with Crippen LogP contribution in [0.4, 0.5) is 5.69 Å². The van der Waals surface area contributed by atoms with Crippen LogP contribution in [0.15, 0.2) is 42.6 Å². The molecule has 0 bridgehead atoms. The molecule has 0 radical (unpaired) electrons. The molecule has 2 aromatic rings. The molecule has 0 aliphatic carbocycles. The molecule has 2 saturated heterocycles. The topological polar surface area (TPSA) is 37.8 Å². The molecule has 0 saturated carbocycles. The van der Waals surface area contributed by atoms with Crippen LogP contribution in [-0.4, -0.2) is 62.9 Å². The van der Waals surface area contributed by atoms with Crippen LogP contribution in [0.3, 0.4) is 0 Å². The lowest BCUT2D eigenvalue weighted by Crippen LogP contribution is -2.51. The number of hydrogen-bond acceptors (Lipinski definition) is 5. The standard InChI is InChI=1S/C22H29N3O2/c1-18-14-20(6-8-23-18)25-11-9-24(10-12-25)16-22(7-13-27-17-22)19-4-3-5-21(15-19)26-2/h3-6,8,14-15H,7,9-13,16-17H2,1-2H3. The highest BCUT2D eigenvalue weighted by molar-refractivity contribution is 5.46. The maximum absolute atomic E-state index is 5.85. The third-order valence-electron chi connectivity index (χ3n) is 5.93. The van der Waals surface area contributed by atoms with Gasteiger partial charge in [0.2, 0.25) is 0 Å². The van der Waals surface area contributed by atoms with Crippen LogP contribution < -0.4 is 9.64 Å². The Balaban J connectivity index is 1.44. The van der Waals surface area contributed by atoms with E-state index in [1.54, 1.807) is 7.11 Å². The summed E-state index contributed by atoms with van der Waals surface area (Å²) < 4.78 is 11.3. The molecule has 1 atom stereocenters. The summed E-state index contributed by atoms with van der Waals surface area (Å²) in [5, 5.41) is 0. The number of piperazine rings is 1. The Morgan fingerprint density at radius 1 is 1.15 bits per heavy atom. The Morgan fingerprint density at radius 3 is 2.70 bits per heavy atom. The van der Waals surface area contributed by atoms with Crippen LogP contribution in [0, 0.1) is 6.92 Å². The third kappa shape index (κ3) is 3.94. The molecule has 5 nitrogen and oxygen atoms in total. The molecule has 1 aromatic heterocycles. The lowest BCUT2D eigenvalue weighted by Gasteiger charge is -2.40. The van der Waals surface area contributed by atoms with Crippen molar-refractivity contribution in [3.63, 3.8) is 0 Å². The predicted molar refractivity (Wildman–Crippen MR) is 108 cm³/mol. The van der Waals surface area contributed by atoms with Gasteiger partial charge in [-0.05, 0) is 43.2 Å². The molecular formula is C22H29N3O2. The average Bonchev–Trinajstić information content (AvgIpc) is 3.18. The van der Waals surface area contributed by atoms with E-state index in [1.807, 2.05) is 12.3 Å². The number of ether oxygens (including phenoxy) is 2. The summed E-state index contributed by atoms with van der Waals surface area (Å²) in [7, 11) is 1.73. The highest BCUT2D eigenvalue weighted by Crippen LogP contribution is 2.36. The molecular weight excluding hydrogens is 338 g/mol. The van der Waals surface area contributed by atoms with E-state index in [1.165, 1.54) is 11.3 Å². The van der Waals surface area contributed by atoms with Gasteiger partial charge in [0.15, 0.2) is 0 Å². The zero-order valence-corrected chi connectivity index (χ0v) is 16.4. The van der Waals surface area contributed by atoms with E-state index >= 15 is 0 Å². The second kappa shape index (κ2) is 7.87. The van der Waals surface area contributed by atoms with Crippen molar-refractivity contribution in [1.29, 1.82) is 0 Å². The minimum Gasteiger partial charge on any atom is -0.497 e. The van der Waals surface area contributed by atoms with Crippen molar-refractivity contribution < 1.29 is 9.47 Å². The van der Waals surface area contributed by atoms with Gasteiger partial charge in [0.05, 0.1) is 13.7 Å². The van der Waals surface area contributed by atoms with Crippen molar-refractivity contribution in [3.05, 3.63) is 53.9 Å². The highest BCUT2D eigenvalue weighted by Gasteiger charge is 2.39. The third-order valence-corrected chi connectivity index (χ3v) is 5.93. The molecule has 0 spiro atoms. The van der Waals surface area contributed by atoms with Crippen molar-refractivity contribution in [3.8, 4) is 5.75 Å². The van der Waals surface area contributed by atoms with Gasteiger partial charge >= 0.3 is 0 Å². The maximum atomic E-state index is 5.85. The van der Waals surface area contributed by atoms with Crippen molar-refractivity contribution in [2.24, 2.45) is 0 Å². The fraction of sp³-hybridized carbons (Fsp3) is 0.500. The molecule has 4 rings (SSSR count). The summed E-state index contributed by atoms with van der Waals surface area (Å²) in [6, 6.07) is 12.8. The molecule has 27 heavy (non-hydrogen) atoms. The van der Waals surface area contributed by atoms with E-state index in [-0.39, 0.29) is 5.41 Å². The first-order valence-electron chi connectivity index (χ1n) is 9.81. The first-order valence-corrected chi connectivity index (χ1v) is 9.81. The Labute approximate surface area is 161 Å². The van der Waals surface area contributed by atoms with Crippen LogP contribution in [0.25, 0.3) is 0 Å². The number of methoxy groups -OCH3 is 1. The number of nitrogens with zero attached hydrogens (tertiary/aromatic N) is 3. The first kappa shape index (κ1) is 18.3. The molecule has 3 heterocycles. The second-order valence-electron chi connectivity index (χ2n) is 7.73. The van der Waals surface area contributed by atoms with Gasteiger partial charge in [-0.3, -0.25) is 9.88 Å². The molecule has 0 amide bonds. The van der Waals surface area contributed by atoms with E-state index in [0.29, 0.717) is 0 Å². The lowest BCUT2D eigenvalue weighted by atomic mass is 9.79. The Morgan fingerprint density at radius 2 is 2.00 bits per heavy atom. The summed E-state index contributed by atoms with van der Waals surface area (Å²) in [4.78, 5) is 9.38. The zero-order valence-electron chi connectivity index (χ0n) is 16.4. The smallest absolute Gasteiger partial charge is 0.119 e. The monoisotopic (exact) mass is 367 g/mol. The summed E-state index contributed by atoms with van der Waals surface area (Å²) in [5.74, 6) is 0.927. The fourth-order valence-electron chi connectivity index (χ4n) is 4.32. The maximum Gasteiger partial charge on any atom is 0.119 e. The van der Waals surface area contributed by atoms with Gasteiger partial charge < -0.3 is 14.4 Å². The molecule has 2 aliphatic rings. The van der Waals surface area contributed by atoms with E-state index in [0.717, 1.165) is 63.8 Å². The largest absolute Gasteiger partial charge is 0.497 e. The predicted octanol–water partition coefficient (Wildman–Crippen LogP) is 2.88. The van der Waals surface area contributed by atoms with Gasteiger partial charge in [-0.25, -0.2) is 0 Å². The summed E-state index contributed by atoms with van der Waals surface area (Å²) in [6.07, 6.45) is 2.98. The van der Waals surface area contributed by atoms with Gasteiger partial charge in [-0.1, -0.05) is 12.1 Å². The Hall–Kier alpha value is -2.11. The molecule has 144 valence electrons. The fourth-order valence-corrected chi connectivity index (χ4v) is 4.32. The molecule has 2 aliphatic heterocycles. The molecule has 0 N–H and O–H groups in total.